The first-order chi connectivity index (χ1) is 9.88. The summed E-state index contributed by atoms with van der Waals surface area (Å²) in [4.78, 5) is 10.5. The summed E-state index contributed by atoms with van der Waals surface area (Å²) in [6, 6.07) is 8.06. The molecule has 0 radical (unpaired) electrons. The molecule has 0 amide bonds. The molecule has 3 heterocycles. The highest BCUT2D eigenvalue weighted by molar-refractivity contribution is 5.77. The Labute approximate surface area is 117 Å². The van der Waals surface area contributed by atoms with Crippen LogP contribution in [0.25, 0.3) is 11.1 Å². The molecule has 1 aliphatic rings. The number of pyridine rings is 2. The van der Waals surface area contributed by atoms with Gasteiger partial charge in [-0.3, -0.25) is 9.97 Å². The number of hydrogen-bond donors (Lipinski definition) is 0. The highest BCUT2D eigenvalue weighted by Crippen LogP contribution is 2.30. The van der Waals surface area contributed by atoms with Crippen LogP contribution in [0.3, 0.4) is 0 Å². The molecule has 20 heavy (non-hydrogen) atoms. The van der Waals surface area contributed by atoms with Crippen molar-refractivity contribution in [3.05, 3.63) is 43.0 Å². The van der Waals surface area contributed by atoms with Crippen molar-refractivity contribution in [2.24, 2.45) is 0 Å². The maximum Gasteiger partial charge on any atom is 0.161 e. The number of nitrogens with zero attached hydrogens (tertiary/aromatic N) is 4. The lowest BCUT2D eigenvalue weighted by molar-refractivity contribution is 0.0765. The third-order valence-corrected chi connectivity index (χ3v) is 3.32. The van der Waals surface area contributed by atoms with Gasteiger partial charge in [0.2, 0.25) is 0 Å². The van der Waals surface area contributed by atoms with Crippen molar-refractivity contribution in [2.75, 3.05) is 24.6 Å². The molecule has 1 saturated heterocycles. The van der Waals surface area contributed by atoms with E-state index in [2.05, 4.69) is 20.9 Å². The van der Waals surface area contributed by atoms with Gasteiger partial charge < -0.3 is 9.64 Å². The minimum absolute atomic E-state index is 0.376. The molecule has 2 aromatic heterocycles. The van der Waals surface area contributed by atoms with Gasteiger partial charge >= 0.3 is 0 Å². The quantitative estimate of drug-likeness (QED) is 0.830. The Balaban J connectivity index is 1.96. The summed E-state index contributed by atoms with van der Waals surface area (Å²) in [5.41, 5.74) is 3.12. The van der Waals surface area contributed by atoms with Gasteiger partial charge in [0.1, 0.15) is 0 Å². The van der Waals surface area contributed by atoms with E-state index < -0.39 is 0 Å². The molecular weight excluding hydrogens is 252 g/mol. The predicted octanol–water partition coefficient (Wildman–Crippen LogP) is 1.87. The molecule has 0 bridgehead atoms. The summed E-state index contributed by atoms with van der Waals surface area (Å²) in [5.74, 6) is 0. The number of nitriles is 1. The lowest BCUT2D eigenvalue weighted by Gasteiger charge is -2.32. The molecule has 3 rings (SSSR count). The standard InChI is InChI=1S/C15H14N4O/c16-8-13-11-19(6-7-20-13)15-3-5-18-10-14(15)12-2-1-4-17-9-12/h1-5,9-10,13H,6-7,11H2. The second-order valence-electron chi connectivity index (χ2n) is 4.57. The first-order valence-electron chi connectivity index (χ1n) is 6.49. The molecule has 5 heteroatoms. The molecule has 1 aliphatic heterocycles. The fourth-order valence-electron chi connectivity index (χ4n) is 2.35. The van der Waals surface area contributed by atoms with Crippen molar-refractivity contribution in [3.63, 3.8) is 0 Å². The molecule has 1 unspecified atom stereocenters. The van der Waals surface area contributed by atoms with E-state index in [9.17, 15) is 0 Å². The molecule has 1 atom stereocenters. The number of hydrogen-bond acceptors (Lipinski definition) is 5. The van der Waals surface area contributed by atoms with Crippen LogP contribution in [0.15, 0.2) is 43.0 Å². The third kappa shape index (κ3) is 2.46. The number of morpholine rings is 1. The van der Waals surface area contributed by atoms with Crippen LogP contribution in [-0.4, -0.2) is 35.8 Å². The van der Waals surface area contributed by atoms with Gasteiger partial charge in [-0.1, -0.05) is 6.07 Å². The van der Waals surface area contributed by atoms with Crippen LogP contribution in [0.5, 0.6) is 0 Å². The zero-order valence-electron chi connectivity index (χ0n) is 10.9. The van der Waals surface area contributed by atoms with E-state index in [1.807, 2.05) is 30.6 Å². The zero-order chi connectivity index (χ0) is 13.8. The number of rotatable bonds is 2. The van der Waals surface area contributed by atoms with Crippen molar-refractivity contribution in [2.45, 2.75) is 6.10 Å². The van der Waals surface area contributed by atoms with E-state index in [4.69, 9.17) is 10.00 Å². The van der Waals surface area contributed by atoms with Gasteiger partial charge in [-0.2, -0.15) is 5.26 Å². The fraction of sp³-hybridized carbons (Fsp3) is 0.267. The topological polar surface area (TPSA) is 62.0 Å². The Hall–Kier alpha value is -2.45. The first-order valence-corrected chi connectivity index (χ1v) is 6.49. The van der Waals surface area contributed by atoms with Gasteiger partial charge in [-0.05, 0) is 12.1 Å². The molecular formula is C15H14N4O. The highest BCUT2D eigenvalue weighted by Gasteiger charge is 2.22. The molecule has 2 aromatic rings. The van der Waals surface area contributed by atoms with Crippen LogP contribution in [0.2, 0.25) is 0 Å². The summed E-state index contributed by atoms with van der Waals surface area (Å²) < 4.78 is 5.39. The smallest absolute Gasteiger partial charge is 0.161 e. The van der Waals surface area contributed by atoms with E-state index in [1.165, 1.54) is 0 Å². The molecule has 0 N–H and O–H groups in total. The molecule has 1 fully saturated rings. The van der Waals surface area contributed by atoms with Crippen LogP contribution in [0.1, 0.15) is 0 Å². The van der Waals surface area contributed by atoms with Crippen LogP contribution in [0, 0.1) is 11.3 Å². The van der Waals surface area contributed by atoms with Crippen LogP contribution >= 0.6 is 0 Å². The van der Waals surface area contributed by atoms with Gasteiger partial charge in [0, 0.05) is 48.1 Å². The van der Waals surface area contributed by atoms with Crippen molar-refractivity contribution in [1.29, 1.82) is 5.26 Å². The molecule has 100 valence electrons. The van der Waals surface area contributed by atoms with Gasteiger partial charge in [0.05, 0.1) is 19.2 Å². The van der Waals surface area contributed by atoms with Crippen LogP contribution < -0.4 is 4.90 Å². The van der Waals surface area contributed by atoms with Crippen molar-refractivity contribution < 1.29 is 4.74 Å². The van der Waals surface area contributed by atoms with Gasteiger partial charge in [0.15, 0.2) is 6.10 Å². The molecule has 0 spiro atoms. The SMILES string of the molecule is N#CC1CN(c2ccncc2-c2cccnc2)CCO1. The summed E-state index contributed by atoms with van der Waals surface area (Å²) in [7, 11) is 0. The molecule has 0 saturated carbocycles. The molecule has 0 aromatic carbocycles. The second-order valence-corrected chi connectivity index (χ2v) is 4.57. The largest absolute Gasteiger partial charge is 0.365 e. The molecule has 0 aliphatic carbocycles. The van der Waals surface area contributed by atoms with Gasteiger partial charge in [-0.25, -0.2) is 0 Å². The van der Waals surface area contributed by atoms with Crippen molar-refractivity contribution >= 4 is 5.69 Å². The Kier molecular flexibility index (Phi) is 3.57. The lowest BCUT2D eigenvalue weighted by Crippen LogP contribution is -2.42. The number of aromatic nitrogens is 2. The van der Waals surface area contributed by atoms with Crippen LogP contribution in [0.4, 0.5) is 5.69 Å². The Morgan fingerprint density at radius 1 is 1.25 bits per heavy atom. The normalized spacial score (nSPS) is 18.6. The second kappa shape index (κ2) is 5.68. The van der Waals surface area contributed by atoms with Crippen molar-refractivity contribution in [1.82, 2.24) is 9.97 Å². The minimum Gasteiger partial charge on any atom is -0.365 e. The zero-order valence-corrected chi connectivity index (χ0v) is 10.9. The number of ether oxygens (including phenoxy) is 1. The Bertz CT molecular complexity index is 623. The molecule has 5 nitrogen and oxygen atoms in total. The fourth-order valence-corrected chi connectivity index (χ4v) is 2.35. The number of anilines is 1. The van der Waals surface area contributed by atoms with E-state index in [0.717, 1.165) is 23.4 Å². The maximum absolute atomic E-state index is 9.02. The van der Waals surface area contributed by atoms with E-state index in [-0.39, 0.29) is 6.10 Å². The van der Waals surface area contributed by atoms with Gasteiger partial charge in [-0.15, -0.1) is 0 Å². The lowest BCUT2D eigenvalue weighted by atomic mass is 10.1. The van der Waals surface area contributed by atoms with Gasteiger partial charge in [0.25, 0.3) is 0 Å². The Morgan fingerprint density at radius 2 is 2.15 bits per heavy atom. The first kappa shape index (κ1) is 12.6. The highest BCUT2D eigenvalue weighted by atomic mass is 16.5. The van der Waals surface area contributed by atoms with E-state index in [0.29, 0.717) is 13.2 Å². The summed E-state index contributed by atoms with van der Waals surface area (Å²) in [6.45, 7) is 1.91. The average Bonchev–Trinajstić information content (AvgIpc) is 2.56. The third-order valence-electron chi connectivity index (χ3n) is 3.32. The summed E-state index contributed by atoms with van der Waals surface area (Å²) in [5, 5.41) is 9.02. The van der Waals surface area contributed by atoms with E-state index in [1.54, 1.807) is 12.4 Å². The Morgan fingerprint density at radius 3 is 2.95 bits per heavy atom. The average molecular weight is 266 g/mol. The maximum atomic E-state index is 9.02. The minimum atomic E-state index is -0.376. The summed E-state index contributed by atoms with van der Waals surface area (Å²) in [6.07, 6.45) is 6.80. The van der Waals surface area contributed by atoms with E-state index >= 15 is 0 Å². The monoisotopic (exact) mass is 266 g/mol. The predicted molar refractivity (Wildman–Crippen MR) is 75.0 cm³/mol. The van der Waals surface area contributed by atoms with Crippen molar-refractivity contribution in [3.8, 4) is 17.2 Å². The van der Waals surface area contributed by atoms with Crippen LogP contribution in [-0.2, 0) is 4.74 Å². The summed E-state index contributed by atoms with van der Waals surface area (Å²) >= 11 is 0.